The van der Waals surface area contributed by atoms with E-state index in [0.29, 0.717) is 29.4 Å². The van der Waals surface area contributed by atoms with E-state index >= 15 is 0 Å². The van der Waals surface area contributed by atoms with Crippen molar-refractivity contribution in [3.63, 3.8) is 0 Å². The highest BCUT2D eigenvalue weighted by Crippen LogP contribution is 2.49. The van der Waals surface area contributed by atoms with Crippen molar-refractivity contribution in [3.8, 4) is 11.5 Å². The zero-order chi connectivity index (χ0) is 20.9. The van der Waals surface area contributed by atoms with Crippen molar-refractivity contribution in [2.75, 3.05) is 20.0 Å². The molecule has 0 saturated carbocycles. The maximum atomic E-state index is 13.1. The van der Waals surface area contributed by atoms with Crippen LogP contribution in [0, 0.1) is 0 Å². The SMILES string of the molecule is COc1cccc(OC)c1C1SCC(=O)N1C(CC1=CC=CCC1)C1=COC=CO1. The highest BCUT2D eigenvalue weighted by molar-refractivity contribution is 8.00. The van der Waals surface area contributed by atoms with Crippen LogP contribution in [0.15, 0.2) is 66.5 Å². The van der Waals surface area contributed by atoms with E-state index in [1.165, 1.54) is 18.1 Å². The minimum absolute atomic E-state index is 0.0500. The predicted molar refractivity (Wildman–Crippen MR) is 116 cm³/mol. The Hall–Kier alpha value is -2.80. The van der Waals surface area contributed by atoms with Gasteiger partial charge < -0.3 is 23.8 Å². The summed E-state index contributed by atoms with van der Waals surface area (Å²) >= 11 is 1.57. The number of hydrogen-bond acceptors (Lipinski definition) is 6. The number of amides is 1. The van der Waals surface area contributed by atoms with Gasteiger partial charge in [-0.3, -0.25) is 4.79 Å². The van der Waals surface area contributed by atoms with Gasteiger partial charge >= 0.3 is 0 Å². The summed E-state index contributed by atoms with van der Waals surface area (Å²) in [6.07, 6.45) is 13.6. The molecule has 2 heterocycles. The van der Waals surface area contributed by atoms with E-state index in [4.69, 9.17) is 18.9 Å². The Morgan fingerprint density at radius 2 is 2.03 bits per heavy atom. The van der Waals surface area contributed by atoms with Crippen LogP contribution >= 0.6 is 11.8 Å². The molecule has 30 heavy (non-hydrogen) atoms. The summed E-state index contributed by atoms with van der Waals surface area (Å²) in [6.45, 7) is 0. The largest absolute Gasteiger partial charge is 0.496 e. The Bertz CT molecular complexity index is 898. The van der Waals surface area contributed by atoms with Gasteiger partial charge in [0, 0.05) is 0 Å². The van der Waals surface area contributed by atoms with Crippen molar-refractivity contribution in [1.29, 1.82) is 0 Å². The molecule has 1 aromatic carbocycles. The fourth-order valence-electron chi connectivity index (χ4n) is 3.96. The zero-order valence-electron chi connectivity index (χ0n) is 17.1. The van der Waals surface area contributed by atoms with Crippen molar-refractivity contribution in [3.05, 3.63) is 72.1 Å². The number of benzene rings is 1. The van der Waals surface area contributed by atoms with Gasteiger partial charge in [0.1, 0.15) is 35.7 Å². The van der Waals surface area contributed by atoms with Gasteiger partial charge in [0.2, 0.25) is 5.91 Å². The van der Waals surface area contributed by atoms with Gasteiger partial charge in [-0.2, -0.15) is 0 Å². The summed E-state index contributed by atoms with van der Waals surface area (Å²) in [5.74, 6) is 2.43. The van der Waals surface area contributed by atoms with Crippen molar-refractivity contribution in [1.82, 2.24) is 4.90 Å². The minimum atomic E-state index is -0.296. The Balaban J connectivity index is 1.74. The van der Waals surface area contributed by atoms with Gasteiger partial charge in [0.05, 0.1) is 31.6 Å². The van der Waals surface area contributed by atoms with E-state index in [2.05, 4.69) is 18.2 Å². The first-order valence-electron chi connectivity index (χ1n) is 9.88. The summed E-state index contributed by atoms with van der Waals surface area (Å²) < 4.78 is 22.4. The Morgan fingerprint density at radius 1 is 1.23 bits per heavy atom. The third-order valence-corrected chi connectivity index (χ3v) is 6.55. The van der Waals surface area contributed by atoms with Crippen LogP contribution in [0.5, 0.6) is 11.5 Å². The minimum Gasteiger partial charge on any atom is -0.496 e. The molecule has 2 unspecified atom stereocenters. The molecular weight excluding hydrogens is 402 g/mol. The molecule has 2 atom stereocenters. The maximum Gasteiger partial charge on any atom is 0.234 e. The van der Waals surface area contributed by atoms with Crippen LogP contribution in [-0.4, -0.2) is 36.8 Å². The van der Waals surface area contributed by atoms with Gasteiger partial charge in [0.15, 0.2) is 5.76 Å². The number of methoxy groups -OCH3 is 2. The van der Waals surface area contributed by atoms with Gasteiger partial charge in [-0.25, -0.2) is 0 Å². The number of carbonyl (C=O) groups is 1. The van der Waals surface area contributed by atoms with Gasteiger partial charge in [-0.1, -0.05) is 29.9 Å². The lowest BCUT2D eigenvalue weighted by Crippen LogP contribution is -2.41. The molecule has 1 saturated heterocycles. The lowest BCUT2D eigenvalue weighted by Gasteiger charge is -2.35. The molecule has 1 aliphatic carbocycles. The Morgan fingerprint density at radius 3 is 2.67 bits per heavy atom. The first kappa shape index (κ1) is 20.5. The summed E-state index contributed by atoms with van der Waals surface area (Å²) in [7, 11) is 3.26. The summed E-state index contributed by atoms with van der Waals surface area (Å²) in [4.78, 5) is 15.0. The van der Waals surface area contributed by atoms with Crippen LogP contribution in [0.25, 0.3) is 0 Å². The lowest BCUT2D eigenvalue weighted by atomic mass is 9.95. The first-order valence-corrected chi connectivity index (χ1v) is 10.9. The second-order valence-corrected chi connectivity index (χ2v) is 8.17. The van der Waals surface area contributed by atoms with Crippen LogP contribution in [0.1, 0.15) is 30.2 Å². The van der Waals surface area contributed by atoms with E-state index in [9.17, 15) is 4.79 Å². The van der Waals surface area contributed by atoms with E-state index in [1.807, 2.05) is 23.1 Å². The molecule has 1 fully saturated rings. The van der Waals surface area contributed by atoms with Crippen molar-refractivity contribution < 1.29 is 23.7 Å². The number of rotatable bonds is 7. The highest BCUT2D eigenvalue weighted by Gasteiger charge is 2.43. The first-order chi connectivity index (χ1) is 14.7. The number of ether oxygens (including phenoxy) is 4. The standard InChI is InChI=1S/C23H25NO5S/c1-26-18-9-6-10-19(27-2)22(18)23-24(21(25)15-30-23)17(20-14-28-11-12-29-20)13-16-7-4-3-5-8-16/h3-4,6-7,9-12,14,17,23H,5,8,13,15H2,1-2H3. The van der Waals surface area contributed by atoms with E-state index in [-0.39, 0.29) is 17.3 Å². The van der Waals surface area contributed by atoms with Crippen molar-refractivity contribution in [2.24, 2.45) is 0 Å². The number of carbonyl (C=O) groups excluding carboxylic acids is 1. The van der Waals surface area contributed by atoms with Crippen molar-refractivity contribution in [2.45, 2.75) is 30.7 Å². The van der Waals surface area contributed by atoms with Crippen LogP contribution in [0.2, 0.25) is 0 Å². The van der Waals surface area contributed by atoms with E-state index in [0.717, 1.165) is 18.4 Å². The monoisotopic (exact) mass is 427 g/mol. The summed E-state index contributed by atoms with van der Waals surface area (Å²) in [5.41, 5.74) is 2.13. The topological polar surface area (TPSA) is 57.2 Å². The van der Waals surface area contributed by atoms with E-state index in [1.54, 1.807) is 32.2 Å². The van der Waals surface area contributed by atoms with Crippen molar-refractivity contribution >= 4 is 17.7 Å². The molecule has 7 heteroatoms. The molecule has 4 rings (SSSR count). The quantitative estimate of drug-likeness (QED) is 0.630. The highest BCUT2D eigenvalue weighted by atomic mass is 32.2. The zero-order valence-corrected chi connectivity index (χ0v) is 17.9. The van der Waals surface area contributed by atoms with Gasteiger partial charge in [0.25, 0.3) is 0 Å². The molecular formula is C23H25NO5S. The summed E-state index contributed by atoms with van der Waals surface area (Å²) in [5, 5.41) is -0.260. The second-order valence-electron chi connectivity index (χ2n) is 7.10. The lowest BCUT2D eigenvalue weighted by molar-refractivity contribution is -0.130. The smallest absolute Gasteiger partial charge is 0.234 e. The molecule has 0 radical (unpaired) electrons. The van der Waals surface area contributed by atoms with Crippen LogP contribution in [0.3, 0.4) is 0 Å². The molecule has 158 valence electrons. The van der Waals surface area contributed by atoms with Crippen LogP contribution < -0.4 is 9.47 Å². The molecule has 6 nitrogen and oxygen atoms in total. The number of nitrogens with zero attached hydrogens (tertiary/aromatic N) is 1. The van der Waals surface area contributed by atoms with Crippen LogP contribution in [0.4, 0.5) is 0 Å². The van der Waals surface area contributed by atoms with E-state index < -0.39 is 0 Å². The number of hydrogen-bond donors (Lipinski definition) is 0. The van der Waals surface area contributed by atoms with Crippen LogP contribution in [-0.2, 0) is 14.3 Å². The third-order valence-electron chi connectivity index (χ3n) is 5.36. The molecule has 0 aromatic heterocycles. The molecule has 0 N–H and O–H groups in total. The molecule has 3 aliphatic rings. The third kappa shape index (κ3) is 4.07. The normalized spacial score (nSPS) is 21.5. The Labute approximate surface area is 180 Å². The summed E-state index contributed by atoms with van der Waals surface area (Å²) in [6, 6.07) is 5.38. The number of allylic oxidation sites excluding steroid dienone is 3. The van der Waals surface area contributed by atoms with Gasteiger partial charge in [-0.15, -0.1) is 11.8 Å². The fraction of sp³-hybridized carbons (Fsp3) is 0.348. The molecule has 1 aromatic rings. The number of thioether (sulfide) groups is 1. The second kappa shape index (κ2) is 9.34. The predicted octanol–water partition coefficient (Wildman–Crippen LogP) is 4.67. The molecule has 0 bridgehead atoms. The fourth-order valence-corrected chi connectivity index (χ4v) is 5.23. The Kier molecular flexibility index (Phi) is 6.38. The molecule has 1 amide bonds. The molecule has 2 aliphatic heterocycles. The maximum absolute atomic E-state index is 13.1. The van der Waals surface area contributed by atoms with Gasteiger partial charge in [-0.05, 0) is 31.4 Å². The average Bonchev–Trinajstić information content (AvgIpc) is 3.18. The molecule has 0 spiro atoms. The average molecular weight is 428 g/mol.